The molecule has 74 valence electrons. The number of hydrogen-bond donors (Lipinski definition) is 0. The Morgan fingerprint density at radius 3 is 2.46 bits per heavy atom. The lowest BCUT2D eigenvalue weighted by atomic mass is 9.88. The highest BCUT2D eigenvalue weighted by molar-refractivity contribution is 4.91. The molecule has 0 amide bonds. The van der Waals surface area contributed by atoms with Crippen molar-refractivity contribution in [3.63, 3.8) is 0 Å². The fraction of sp³-hybridized carbons (Fsp3) is 1.00. The van der Waals surface area contributed by atoms with Gasteiger partial charge < -0.3 is 4.90 Å². The normalized spacial score (nSPS) is 44.8. The molecule has 3 aliphatic rings. The molecule has 0 radical (unpaired) electrons. The second-order valence-electron chi connectivity index (χ2n) is 5.44. The zero-order valence-corrected chi connectivity index (χ0v) is 8.54. The van der Waals surface area contributed by atoms with Gasteiger partial charge in [0.05, 0.1) is 0 Å². The highest BCUT2D eigenvalue weighted by Crippen LogP contribution is 2.48. The molecule has 0 N–H and O–H groups in total. The van der Waals surface area contributed by atoms with E-state index in [1.807, 2.05) is 0 Å². The smallest absolute Gasteiger partial charge is 0.00124 e. The number of nitrogens with zero attached hydrogens (tertiary/aromatic N) is 1. The fourth-order valence-corrected chi connectivity index (χ4v) is 3.90. The summed E-state index contributed by atoms with van der Waals surface area (Å²) >= 11 is 0. The second kappa shape index (κ2) is 3.27. The van der Waals surface area contributed by atoms with E-state index in [1.54, 1.807) is 25.7 Å². The number of rotatable bonds is 2. The van der Waals surface area contributed by atoms with Gasteiger partial charge in [-0.05, 0) is 62.9 Å². The number of likely N-dealkylation sites (tertiary alicyclic amines) is 1. The van der Waals surface area contributed by atoms with Crippen LogP contribution in [0.4, 0.5) is 0 Å². The first-order valence-corrected chi connectivity index (χ1v) is 6.14. The fourth-order valence-electron chi connectivity index (χ4n) is 3.90. The maximum Gasteiger partial charge on any atom is 0.00124 e. The molecule has 1 heteroatoms. The van der Waals surface area contributed by atoms with Gasteiger partial charge in [0.15, 0.2) is 0 Å². The first kappa shape index (κ1) is 8.28. The molecule has 0 spiro atoms. The largest absolute Gasteiger partial charge is 0.303 e. The standard InChI is InChI=1S/C12H21N/c1-2-6-13(5-1)9-12-8-10-3-4-11(12)7-10/h10-12H,1-9H2. The van der Waals surface area contributed by atoms with E-state index in [-0.39, 0.29) is 0 Å². The van der Waals surface area contributed by atoms with Crippen LogP contribution in [0.1, 0.15) is 38.5 Å². The second-order valence-corrected chi connectivity index (χ2v) is 5.44. The van der Waals surface area contributed by atoms with Gasteiger partial charge in [-0.1, -0.05) is 6.42 Å². The predicted molar refractivity (Wildman–Crippen MR) is 54.6 cm³/mol. The van der Waals surface area contributed by atoms with E-state index in [0.29, 0.717) is 0 Å². The van der Waals surface area contributed by atoms with E-state index >= 15 is 0 Å². The predicted octanol–water partition coefficient (Wildman–Crippen LogP) is 2.52. The first-order valence-electron chi connectivity index (χ1n) is 6.14. The summed E-state index contributed by atoms with van der Waals surface area (Å²) in [6, 6.07) is 0. The van der Waals surface area contributed by atoms with Crippen LogP contribution >= 0.6 is 0 Å². The maximum absolute atomic E-state index is 2.71. The third-order valence-electron chi connectivity index (χ3n) is 4.58. The van der Waals surface area contributed by atoms with Gasteiger partial charge in [-0.25, -0.2) is 0 Å². The van der Waals surface area contributed by atoms with Crippen molar-refractivity contribution in [3.8, 4) is 0 Å². The quantitative estimate of drug-likeness (QED) is 0.629. The van der Waals surface area contributed by atoms with Gasteiger partial charge in [0, 0.05) is 6.54 Å². The minimum absolute atomic E-state index is 1.09. The molecule has 2 bridgehead atoms. The van der Waals surface area contributed by atoms with E-state index in [1.165, 1.54) is 32.5 Å². The third kappa shape index (κ3) is 1.52. The van der Waals surface area contributed by atoms with Crippen molar-refractivity contribution >= 4 is 0 Å². The number of hydrogen-bond acceptors (Lipinski definition) is 1. The van der Waals surface area contributed by atoms with Crippen LogP contribution in [0.2, 0.25) is 0 Å². The van der Waals surface area contributed by atoms with Gasteiger partial charge in [-0.3, -0.25) is 0 Å². The van der Waals surface area contributed by atoms with Crippen molar-refractivity contribution in [2.24, 2.45) is 17.8 Å². The molecule has 1 saturated heterocycles. The lowest BCUT2D eigenvalue weighted by Crippen LogP contribution is -2.29. The molecule has 13 heavy (non-hydrogen) atoms. The molecule has 3 unspecified atom stereocenters. The molecular formula is C12H21N. The van der Waals surface area contributed by atoms with E-state index < -0.39 is 0 Å². The van der Waals surface area contributed by atoms with Crippen molar-refractivity contribution in [2.75, 3.05) is 19.6 Å². The van der Waals surface area contributed by atoms with Gasteiger partial charge in [-0.2, -0.15) is 0 Å². The molecule has 2 aliphatic carbocycles. The Balaban J connectivity index is 1.55. The molecule has 0 aromatic rings. The third-order valence-corrected chi connectivity index (χ3v) is 4.58. The summed E-state index contributed by atoms with van der Waals surface area (Å²) in [5, 5.41) is 0. The summed E-state index contributed by atoms with van der Waals surface area (Å²) in [4.78, 5) is 2.71. The molecule has 2 saturated carbocycles. The highest BCUT2D eigenvalue weighted by atomic mass is 15.1. The monoisotopic (exact) mass is 179 g/mol. The molecule has 1 heterocycles. The summed E-state index contributed by atoms with van der Waals surface area (Å²) in [6.07, 6.45) is 9.19. The highest BCUT2D eigenvalue weighted by Gasteiger charge is 2.39. The SMILES string of the molecule is C1CCN(CC2CC3CCC2C3)C1. The van der Waals surface area contributed by atoms with Crippen molar-refractivity contribution in [1.82, 2.24) is 4.90 Å². The van der Waals surface area contributed by atoms with Crippen molar-refractivity contribution < 1.29 is 0 Å². The molecule has 0 aromatic heterocycles. The maximum atomic E-state index is 2.71. The van der Waals surface area contributed by atoms with Crippen LogP contribution < -0.4 is 0 Å². The summed E-state index contributed by atoms with van der Waals surface area (Å²) in [5.41, 5.74) is 0. The van der Waals surface area contributed by atoms with E-state index in [0.717, 1.165) is 17.8 Å². The zero-order valence-electron chi connectivity index (χ0n) is 8.54. The Bertz CT molecular complexity index is 184. The van der Waals surface area contributed by atoms with E-state index in [2.05, 4.69) is 4.90 Å². The Labute approximate surface area is 81.5 Å². The van der Waals surface area contributed by atoms with E-state index in [4.69, 9.17) is 0 Å². The van der Waals surface area contributed by atoms with Gasteiger partial charge in [-0.15, -0.1) is 0 Å². The molecular weight excluding hydrogens is 158 g/mol. The zero-order chi connectivity index (χ0) is 8.67. The van der Waals surface area contributed by atoms with Crippen molar-refractivity contribution in [3.05, 3.63) is 0 Å². The molecule has 3 rings (SSSR count). The minimum atomic E-state index is 1.09. The van der Waals surface area contributed by atoms with Gasteiger partial charge in [0.1, 0.15) is 0 Å². The number of fused-ring (bicyclic) bond motifs is 2. The Kier molecular flexibility index (Phi) is 2.08. The topological polar surface area (TPSA) is 3.24 Å². The molecule has 3 fully saturated rings. The van der Waals surface area contributed by atoms with Crippen LogP contribution in [0, 0.1) is 17.8 Å². The first-order chi connectivity index (χ1) is 6.42. The summed E-state index contributed by atoms with van der Waals surface area (Å²) in [6.45, 7) is 4.24. The van der Waals surface area contributed by atoms with Gasteiger partial charge >= 0.3 is 0 Å². The van der Waals surface area contributed by atoms with Crippen LogP contribution in [-0.4, -0.2) is 24.5 Å². The Morgan fingerprint density at radius 2 is 1.85 bits per heavy atom. The summed E-state index contributed by atoms with van der Waals surface area (Å²) in [5.74, 6) is 3.36. The van der Waals surface area contributed by atoms with Crippen molar-refractivity contribution in [1.29, 1.82) is 0 Å². The van der Waals surface area contributed by atoms with Gasteiger partial charge in [0.2, 0.25) is 0 Å². The molecule has 3 atom stereocenters. The van der Waals surface area contributed by atoms with Gasteiger partial charge in [0.25, 0.3) is 0 Å². The average molecular weight is 179 g/mol. The van der Waals surface area contributed by atoms with Crippen LogP contribution in [-0.2, 0) is 0 Å². The van der Waals surface area contributed by atoms with Crippen molar-refractivity contribution in [2.45, 2.75) is 38.5 Å². The lowest BCUT2D eigenvalue weighted by Gasteiger charge is -2.26. The molecule has 1 aliphatic heterocycles. The lowest BCUT2D eigenvalue weighted by molar-refractivity contribution is 0.220. The van der Waals surface area contributed by atoms with E-state index in [9.17, 15) is 0 Å². The van der Waals surface area contributed by atoms with Crippen LogP contribution in [0.3, 0.4) is 0 Å². The van der Waals surface area contributed by atoms with Crippen LogP contribution in [0.25, 0.3) is 0 Å². The Morgan fingerprint density at radius 1 is 1.00 bits per heavy atom. The molecule has 1 nitrogen and oxygen atoms in total. The average Bonchev–Trinajstić information content (AvgIpc) is 2.77. The molecule has 0 aromatic carbocycles. The summed E-state index contributed by atoms with van der Waals surface area (Å²) < 4.78 is 0. The minimum Gasteiger partial charge on any atom is -0.303 e. The van der Waals surface area contributed by atoms with Crippen LogP contribution in [0.5, 0.6) is 0 Å². The summed E-state index contributed by atoms with van der Waals surface area (Å²) in [7, 11) is 0. The Hall–Kier alpha value is -0.0400. The van der Waals surface area contributed by atoms with Crippen LogP contribution in [0.15, 0.2) is 0 Å².